The van der Waals surface area contributed by atoms with Gasteiger partial charge < -0.3 is 11.1 Å². The van der Waals surface area contributed by atoms with Crippen LogP contribution in [0, 0.1) is 5.82 Å². The number of nitrogens with two attached hydrogens (primary N) is 1. The molecule has 0 aliphatic carbocycles. The molecule has 3 N–H and O–H groups in total. The number of carbonyl (C=O) groups excluding carboxylic acids is 1. The summed E-state index contributed by atoms with van der Waals surface area (Å²) < 4.78 is 13.5. The number of nitrogens with one attached hydrogen (secondary N) is 1. The first kappa shape index (κ1) is 15.3. The van der Waals surface area contributed by atoms with Crippen LogP contribution in [0.4, 0.5) is 4.39 Å². The van der Waals surface area contributed by atoms with Crippen LogP contribution >= 0.6 is 28.3 Å². The van der Waals surface area contributed by atoms with Crippen LogP contribution < -0.4 is 11.1 Å². The zero-order valence-corrected chi connectivity index (χ0v) is 10.9. The minimum Gasteiger partial charge on any atom is -0.352 e. The van der Waals surface area contributed by atoms with Gasteiger partial charge in [-0.2, -0.15) is 0 Å². The molecule has 0 radical (unpaired) electrons. The fourth-order valence-corrected chi connectivity index (χ4v) is 1.32. The van der Waals surface area contributed by atoms with Gasteiger partial charge in [-0.25, -0.2) is 4.39 Å². The minimum atomic E-state index is -0.333. The first-order valence-corrected chi connectivity index (χ1v) is 5.33. The van der Waals surface area contributed by atoms with Crippen molar-refractivity contribution in [3.05, 3.63) is 34.1 Å². The van der Waals surface area contributed by atoms with Crippen molar-refractivity contribution in [1.82, 2.24) is 5.32 Å². The molecule has 0 heterocycles. The first-order valence-electron chi connectivity index (χ1n) is 4.54. The largest absolute Gasteiger partial charge is 0.352 e. The highest BCUT2D eigenvalue weighted by Gasteiger charge is 2.02. The van der Waals surface area contributed by atoms with E-state index >= 15 is 0 Å². The van der Waals surface area contributed by atoms with Gasteiger partial charge in [0.2, 0.25) is 5.91 Å². The summed E-state index contributed by atoms with van der Waals surface area (Å²) in [7, 11) is 0. The number of benzene rings is 1. The van der Waals surface area contributed by atoms with Crippen LogP contribution in [-0.2, 0) is 11.3 Å². The molecule has 1 aromatic carbocycles. The molecule has 3 nitrogen and oxygen atoms in total. The van der Waals surface area contributed by atoms with E-state index in [1.807, 2.05) is 0 Å². The van der Waals surface area contributed by atoms with Crippen molar-refractivity contribution in [2.24, 2.45) is 5.73 Å². The Morgan fingerprint density at radius 3 is 2.75 bits per heavy atom. The average Bonchev–Trinajstić information content (AvgIpc) is 2.20. The highest BCUT2D eigenvalue weighted by atomic mass is 79.9. The molecule has 0 aromatic heterocycles. The van der Waals surface area contributed by atoms with Crippen molar-refractivity contribution in [3.63, 3.8) is 0 Å². The third-order valence-corrected chi connectivity index (χ3v) is 2.49. The van der Waals surface area contributed by atoms with Crippen LogP contribution in [0.1, 0.15) is 12.0 Å². The Morgan fingerprint density at radius 1 is 1.50 bits per heavy atom. The van der Waals surface area contributed by atoms with Crippen LogP contribution in [0.5, 0.6) is 0 Å². The van der Waals surface area contributed by atoms with Crippen molar-refractivity contribution in [1.29, 1.82) is 0 Å². The molecule has 6 heteroatoms. The molecule has 0 saturated carbocycles. The molecule has 0 spiro atoms. The van der Waals surface area contributed by atoms with Crippen LogP contribution in [0.25, 0.3) is 0 Å². The van der Waals surface area contributed by atoms with E-state index in [4.69, 9.17) is 5.73 Å². The van der Waals surface area contributed by atoms with E-state index in [1.165, 1.54) is 6.07 Å². The van der Waals surface area contributed by atoms with Gasteiger partial charge >= 0.3 is 0 Å². The normalized spacial score (nSPS) is 9.44. The number of amides is 1. The monoisotopic (exact) mass is 310 g/mol. The first-order chi connectivity index (χ1) is 7.13. The van der Waals surface area contributed by atoms with E-state index < -0.39 is 0 Å². The van der Waals surface area contributed by atoms with Crippen molar-refractivity contribution < 1.29 is 9.18 Å². The van der Waals surface area contributed by atoms with E-state index in [0.717, 1.165) is 5.56 Å². The number of hydrogen-bond donors (Lipinski definition) is 2. The molecular formula is C10H13BrClFN2O. The molecule has 0 saturated heterocycles. The van der Waals surface area contributed by atoms with E-state index in [1.54, 1.807) is 12.1 Å². The van der Waals surface area contributed by atoms with Gasteiger partial charge in [0.1, 0.15) is 5.82 Å². The molecule has 1 rings (SSSR count). The second kappa shape index (κ2) is 7.60. The van der Waals surface area contributed by atoms with Crippen LogP contribution in [-0.4, -0.2) is 12.5 Å². The summed E-state index contributed by atoms with van der Waals surface area (Å²) in [4.78, 5) is 11.1. The summed E-state index contributed by atoms with van der Waals surface area (Å²) in [5.41, 5.74) is 5.94. The van der Waals surface area contributed by atoms with Crippen LogP contribution in [0.2, 0.25) is 0 Å². The second-order valence-corrected chi connectivity index (χ2v) is 3.92. The van der Waals surface area contributed by atoms with Gasteiger partial charge in [0, 0.05) is 19.5 Å². The molecule has 16 heavy (non-hydrogen) atoms. The Kier molecular flexibility index (Phi) is 7.29. The van der Waals surface area contributed by atoms with Crippen LogP contribution in [0.15, 0.2) is 22.7 Å². The number of rotatable bonds is 4. The lowest BCUT2D eigenvalue weighted by molar-refractivity contribution is -0.121. The van der Waals surface area contributed by atoms with E-state index in [0.29, 0.717) is 24.0 Å². The maximum absolute atomic E-state index is 13.1. The van der Waals surface area contributed by atoms with Gasteiger partial charge in [0.25, 0.3) is 0 Å². The summed E-state index contributed by atoms with van der Waals surface area (Å²) in [6.07, 6.45) is 0.291. The Morgan fingerprint density at radius 2 is 2.19 bits per heavy atom. The third kappa shape index (κ3) is 4.92. The van der Waals surface area contributed by atoms with Crippen molar-refractivity contribution in [2.45, 2.75) is 13.0 Å². The summed E-state index contributed by atoms with van der Waals surface area (Å²) in [6, 6.07) is 4.74. The van der Waals surface area contributed by atoms with Gasteiger partial charge in [0.15, 0.2) is 0 Å². The van der Waals surface area contributed by atoms with Crippen molar-refractivity contribution in [2.75, 3.05) is 6.54 Å². The lowest BCUT2D eigenvalue weighted by Gasteiger charge is -2.05. The third-order valence-electron chi connectivity index (χ3n) is 1.85. The summed E-state index contributed by atoms with van der Waals surface area (Å²) in [6.45, 7) is 0.642. The highest BCUT2D eigenvalue weighted by Crippen LogP contribution is 2.16. The maximum atomic E-state index is 13.1. The smallest absolute Gasteiger partial charge is 0.221 e. The number of carbonyl (C=O) groups is 1. The molecule has 0 aliphatic rings. The van der Waals surface area contributed by atoms with E-state index in [-0.39, 0.29) is 24.1 Å². The molecular weight excluding hydrogens is 298 g/mol. The maximum Gasteiger partial charge on any atom is 0.221 e. The molecule has 0 unspecified atom stereocenters. The quantitative estimate of drug-likeness (QED) is 0.893. The molecule has 0 fully saturated rings. The van der Waals surface area contributed by atoms with Crippen molar-refractivity contribution >= 4 is 34.2 Å². The second-order valence-electron chi connectivity index (χ2n) is 3.06. The van der Waals surface area contributed by atoms with Gasteiger partial charge in [-0.3, -0.25) is 4.79 Å². The summed E-state index contributed by atoms with van der Waals surface area (Å²) in [5.74, 6) is -0.457. The van der Waals surface area contributed by atoms with Gasteiger partial charge in [0.05, 0.1) is 4.47 Å². The zero-order valence-electron chi connectivity index (χ0n) is 8.50. The van der Waals surface area contributed by atoms with Crippen molar-refractivity contribution in [3.8, 4) is 0 Å². The predicted molar refractivity (Wildman–Crippen MR) is 66.9 cm³/mol. The van der Waals surface area contributed by atoms with Gasteiger partial charge in [-0.05, 0) is 33.6 Å². The standard InChI is InChI=1S/C10H12BrFN2O.ClH/c11-8-2-1-7(5-9(8)12)6-14-10(15)3-4-13;/h1-2,5H,3-4,6,13H2,(H,14,15);1H. The lowest BCUT2D eigenvalue weighted by Crippen LogP contribution is -2.25. The molecule has 1 aromatic rings. The Labute approximate surface area is 108 Å². The Hall–Kier alpha value is -0.650. The van der Waals surface area contributed by atoms with E-state index in [9.17, 15) is 9.18 Å². The fourth-order valence-electron chi connectivity index (χ4n) is 1.07. The Bertz CT molecular complexity index is 363. The molecule has 0 bridgehead atoms. The SMILES string of the molecule is Cl.NCCC(=O)NCc1ccc(Br)c(F)c1. The number of halogens is 3. The highest BCUT2D eigenvalue weighted by molar-refractivity contribution is 9.10. The van der Waals surface area contributed by atoms with Gasteiger partial charge in [-0.15, -0.1) is 12.4 Å². The molecule has 1 amide bonds. The van der Waals surface area contributed by atoms with Gasteiger partial charge in [-0.1, -0.05) is 6.07 Å². The summed E-state index contributed by atoms with van der Waals surface area (Å²) in [5, 5.41) is 2.65. The number of hydrogen-bond acceptors (Lipinski definition) is 2. The molecule has 0 atom stereocenters. The average molecular weight is 312 g/mol. The lowest BCUT2D eigenvalue weighted by atomic mass is 10.2. The fraction of sp³-hybridized carbons (Fsp3) is 0.300. The molecule has 0 aliphatic heterocycles. The Balaban J connectivity index is 0.00000225. The predicted octanol–water partition coefficient (Wildman–Crippen LogP) is 1.97. The van der Waals surface area contributed by atoms with E-state index in [2.05, 4.69) is 21.2 Å². The molecule has 90 valence electrons. The topological polar surface area (TPSA) is 55.1 Å². The van der Waals surface area contributed by atoms with Crippen LogP contribution in [0.3, 0.4) is 0 Å². The zero-order chi connectivity index (χ0) is 11.3. The minimum absolute atomic E-state index is 0. The summed E-state index contributed by atoms with van der Waals surface area (Å²) >= 11 is 3.06.